The maximum absolute atomic E-state index is 11.8. The van der Waals surface area contributed by atoms with Crippen molar-refractivity contribution in [3.63, 3.8) is 0 Å². The Kier molecular flexibility index (Phi) is 3.95. The highest BCUT2D eigenvalue weighted by molar-refractivity contribution is 7.91. The van der Waals surface area contributed by atoms with Gasteiger partial charge in [0.05, 0.1) is 16.5 Å². The number of nitriles is 1. The topological polar surface area (TPSA) is 107 Å². The molecule has 1 saturated carbocycles. The molecule has 0 unspecified atom stereocenters. The summed E-state index contributed by atoms with van der Waals surface area (Å²) < 4.78 is 23.5. The third-order valence-electron chi connectivity index (χ3n) is 3.30. The Morgan fingerprint density at radius 3 is 2.65 bits per heavy atom. The normalized spacial score (nSPS) is 15.2. The lowest BCUT2D eigenvalue weighted by Gasteiger charge is -2.28. The molecule has 0 radical (unpaired) electrons. The monoisotopic (exact) mass is 294 g/mol. The zero-order valence-corrected chi connectivity index (χ0v) is 11.5. The molecule has 2 N–H and O–H groups in total. The average Bonchev–Trinajstić information content (AvgIpc) is 2.33. The fraction of sp³-hybridized carbons (Fsp3) is 0.385. The summed E-state index contributed by atoms with van der Waals surface area (Å²) in [6.45, 7) is 0. The first-order valence-electron chi connectivity index (χ1n) is 6.17. The molecule has 7 heteroatoms. The largest absolute Gasteiger partial charge is 0.478 e. The summed E-state index contributed by atoms with van der Waals surface area (Å²) in [5, 5.41) is 20.8. The van der Waals surface area contributed by atoms with Crippen LogP contribution in [0.3, 0.4) is 0 Å². The Morgan fingerprint density at radius 2 is 2.15 bits per heavy atom. The Hall–Kier alpha value is -2.07. The molecule has 0 bridgehead atoms. The molecule has 0 amide bonds. The van der Waals surface area contributed by atoms with Crippen molar-refractivity contribution >= 4 is 21.5 Å². The summed E-state index contributed by atoms with van der Waals surface area (Å²) >= 11 is 0. The number of carboxylic acids is 1. The van der Waals surface area contributed by atoms with Crippen LogP contribution in [0.15, 0.2) is 23.1 Å². The number of carbonyl (C=O) groups is 1. The van der Waals surface area contributed by atoms with Gasteiger partial charge in [0.25, 0.3) is 0 Å². The molecule has 0 aromatic heterocycles. The third-order valence-corrected chi connectivity index (χ3v) is 4.78. The average molecular weight is 294 g/mol. The Morgan fingerprint density at radius 1 is 1.45 bits per heavy atom. The van der Waals surface area contributed by atoms with Crippen molar-refractivity contribution in [1.82, 2.24) is 0 Å². The highest BCUT2D eigenvalue weighted by Gasteiger charge is 2.22. The van der Waals surface area contributed by atoms with Crippen LogP contribution in [0.4, 0.5) is 5.69 Å². The molecule has 1 fully saturated rings. The van der Waals surface area contributed by atoms with Gasteiger partial charge < -0.3 is 10.4 Å². The number of rotatable bonds is 5. The molecule has 0 atom stereocenters. The summed E-state index contributed by atoms with van der Waals surface area (Å²) in [5.74, 6) is -1.86. The minimum Gasteiger partial charge on any atom is -0.478 e. The smallest absolute Gasteiger partial charge is 0.337 e. The van der Waals surface area contributed by atoms with E-state index in [1.807, 2.05) is 0 Å². The number of hydrogen-bond acceptors (Lipinski definition) is 5. The van der Waals surface area contributed by atoms with E-state index in [0.29, 0.717) is 5.69 Å². The van der Waals surface area contributed by atoms with Crippen molar-refractivity contribution in [3.8, 4) is 6.07 Å². The van der Waals surface area contributed by atoms with Gasteiger partial charge >= 0.3 is 5.97 Å². The SMILES string of the molecule is N#CCS(=O)(=O)c1ccc(NC2CCC2)c(C(=O)O)c1. The number of carboxylic acid groups (broad SMARTS) is 1. The first kappa shape index (κ1) is 14.3. The van der Waals surface area contributed by atoms with E-state index in [0.717, 1.165) is 25.3 Å². The maximum Gasteiger partial charge on any atom is 0.337 e. The van der Waals surface area contributed by atoms with Crippen LogP contribution in [0.2, 0.25) is 0 Å². The van der Waals surface area contributed by atoms with Crippen LogP contribution in [0.25, 0.3) is 0 Å². The first-order valence-corrected chi connectivity index (χ1v) is 7.83. The molecular weight excluding hydrogens is 280 g/mol. The molecule has 2 rings (SSSR count). The number of nitrogens with zero attached hydrogens (tertiary/aromatic N) is 1. The van der Waals surface area contributed by atoms with Crippen molar-refractivity contribution in [1.29, 1.82) is 5.26 Å². The Balaban J connectivity index is 2.37. The summed E-state index contributed by atoms with van der Waals surface area (Å²) in [7, 11) is -3.76. The second-order valence-corrected chi connectivity index (χ2v) is 6.69. The van der Waals surface area contributed by atoms with E-state index in [2.05, 4.69) is 5.32 Å². The Bertz CT molecular complexity index is 672. The molecule has 0 spiro atoms. The second kappa shape index (κ2) is 5.51. The van der Waals surface area contributed by atoms with E-state index in [1.54, 1.807) is 6.07 Å². The van der Waals surface area contributed by atoms with E-state index >= 15 is 0 Å². The van der Waals surface area contributed by atoms with Crippen molar-refractivity contribution in [3.05, 3.63) is 23.8 Å². The van der Waals surface area contributed by atoms with Crippen LogP contribution >= 0.6 is 0 Å². The van der Waals surface area contributed by atoms with E-state index in [1.165, 1.54) is 12.1 Å². The van der Waals surface area contributed by atoms with E-state index < -0.39 is 21.6 Å². The van der Waals surface area contributed by atoms with Crippen LogP contribution in [0, 0.1) is 11.3 Å². The Labute approximate surface area is 117 Å². The van der Waals surface area contributed by atoms with Crippen molar-refractivity contribution in [2.24, 2.45) is 0 Å². The fourth-order valence-electron chi connectivity index (χ4n) is 1.96. The lowest BCUT2D eigenvalue weighted by atomic mass is 9.92. The van der Waals surface area contributed by atoms with Crippen LogP contribution < -0.4 is 5.32 Å². The molecule has 1 aromatic carbocycles. The lowest BCUT2D eigenvalue weighted by Crippen LogP contribution is -2.28. The number of aromatic carboxylic acids is 1. The molecule has 20 heavy (non-hydrogen) atoms. The lowest BCUT2D eigenvalue weighted by molar-refractivity contribution is 0.0697. The zero-order valence-electron chi connectivity index (χ0n) is 10.7. The molecule has 0 heterocycles. The predicted octanol–water partition coefficient (Wildman–Crippen LogP) is 1.65. The quantitative estimate of drug-likeness (QED) is 0.855. The van der Waals surface area contributed by atoms with Crippen molar-refractivity contribution in [2.75, 3.05) is 11.1 Å². The van der Waals surface area contributed by atoms with Crippen LogP contribution in [-0.4, -0.2) is 31.3 Å². The zero-order chi connectivity index (χ0) is 14.8. The summed E-state index contributed by atoms with van der Waals surface area (Å²) in [6, 6.07) is 5.71. The molecule has 0 aliphatic heterocycles. The fourth-order valence-corrected chi connectivity index (χ4v) is 2.87. The number of nitrogens with one attached hydrogen (secondary N) is 1. The summed E-state index contributed by atoms with van der Waals surface area (Å²) in [5.41, 5.74) is 0.328. The minimum atomic E-state index is -3.76. The predicted molar refractivity (Wildman–Crippen MR) is 72.3 cm³/mol. The van der Waals surface area contributed by atoms with Crippen molar-refractivity contribution < 1.29 is 18.3 Å². The van der Waals surface area contributed by atoms with Gasteiger partial charge in [0, 0.05) is 11.7 Å². The molecular formula is C13H14N2O4S. The number of benzene rings is 1. The number of hydrogen-bond donors (Lipinski definition) is 2. The van der Waals surface area contributed by atoms with Gasteiger partial charge in [-0.2, -0.15) is 5.26 Å². The molecule has 106 valence electrons. The van der Waals surface area contributed by atoms with Crippen LogP contribution in [-0.2, 0) is 9.84 Å². The first-order chi connectivity index (χ1) is 9.44. The third kappa shape index (κ3) is 2.91. The van der Waals surface area contributed by atoms with Gasteiger partial charge in [0.1, 0.15) is 5.75 Å². The maximum atomic E-state index is 11.8. The van der Waals surface area contributed by atoms with Gasteiger partial charge in [-0.25, -0.2) is 13.2 Å². The van der Waals surface area contributed by atoms with Crippen LogP contribution in [0.1, 0.15) is 29.6 Å². The molecule has 0 saturated heterocycles. The van der Waals surface area contributed by atoms with E-state index in [-0.39, 0.29) is 16.5 Å². The van der Waals surface area contributed by atoms with Gasteiger partial charge in [0.15, 0.2) is 9.84 Å². The van der Waals surface area contributed by atoms with Gasteiger partial charge in [-0.1, -0.05) is 0 Å². The highest BCUT2D eigenvalue weighted by atomic mass is 32.2. The van der Waals surface area contributed by atoms with Gasteiger partial charge in [-0.05, 0) is 37.5 Å². The van der Waals surface area contributed by atoms with Gasteiger partial charge in [0.2, 0.25) is 0 Å². The van der Waals surface area contributed by atoms with Crippen molar-refractivity contribution in [2.45, 2.75) is 30.2 Å². The molecule has 6 nitrogen and oxygen atoms in total. The summed E-state index contributed by atoms with van der Waals surface area (Å²) in [4.78, 5) is 11.1. The van der Waals surface area contributed by atoms with E-state index in [4.69, 9.17) is 5.26 Å². The van der Waals surface area contributed by atoms with Gasteiger partial charge in [-0.3, -0.25) is 0 Å². The van der Waals surface area contributed by atoms with Crippen LogP contribution in [0.5, 0.6) is 0 Å². The van der Waals surface area contributed by atoms with Gasteiger partial charge in [-0.15, -0.1) is 0 Å². The van der Waals surface area contributed by atoms with E-state index in [9.17, 15) is 18.3 Å². The number of sulfone groups is 1. The molecule has 1 aliphatic carbocycles. The standard InChI is InChI=1S/C13H14N2O4S/c14-6-7-20(18,19)10-4-5-12(11(8-10)13(16)17)15-9-2-1-3-9/h4-5,8-9,15H,1-3,7H2,(H,16,17). The second-order valence-electron chi connectivity index (χ2n) is 4.70. The molecule has 1 aliphatic rings. The highest BCUT2D eigenvalue weighted by Crippen LogP contribution is 2.27. The molecule has 1 aromatic rings. The summed E-state index contributed by atoms with van der Waals surface area (Å²) in [6.07, 6.45) is 3.07. The minimum absolute atomic E-state index is 0.0871. The number of anilines is 1.